The predicted molar refractivity (Wildman–Crippen MR) is 57.4 cm³/mol. The smallest absolute Gasteiger partial charge is 0.345 e. The fourth-order valence-electron chi connectivity index (χ4n) is 1.41. The Morgan fingerprint density at radius 1 is 1.50 bits per heavy atom. The normalized spacial score (nSPS) is 10.6. The highest BCUT2D eigenvalue weighted by Gasteiger charge is 2.08. The fraction of sp³-hybridized carbons (Fsp3) is 0.200. The monoisotopic (exact) mass is 222 g/mol. The van der Waals surface area contributed by atoms with E-state index in [1.165, 1.54) is 21.6 Å². The maximum atomic E-state index is 13.6. The minimum Gasteiger partial charge on any atom is -0.396 e. The van der Waals surface area contributed by atoms with E-state index in [0.717, 1.165) is 0 Å². The van der Waals surface area contributed by atoms with Crippen molar-refractivity contribution in [3.8, 4) is 0 Å². The molecule has 0 saturated heterocycles. The highest BCUT2D eigenvalue weighted by molar-refractivity contribution is 5.42. The number of halogens is 1. The second-order valence-corrected chi connectivity index (χ2v) is 3.50. The number of anilines is 1. The predicted octanol–water partition coefficient (Wildman–Crippen LogP) is 0.351. The molecule has 2 aromatic rings. The van der Waals surface area contributed by atoms with Crippen molar-refractivity contribution in [2.24, 2.45) is 7.05 Å². The van der Waals surface area contributed by atoms with Gasteiger partial charge in [0.25, 0.3) is 0 Å². The largest absolute Gasteiger partial charge is 0.396 e. The number of hydrogen-bond donors (Lipinski definition) is 1. The van der Waals surface area contributed by atoms with Gasteiger partial charge in [0.2, 0.25) is 0 Å². The summed E-state index contributed by atoms with van der Waals surface area (Å²) in [6, 6.07) is 4.69. The molecule has 16 heavy (non-hydrogen) atoms. The Morgan fingerprint density at radius 2 is 2.25 bits per heavy atom. The average molecular weight is 222 g/mol. The van der Waals surface area contributed by atoms with Gasteiger partial charge in [0.15, 0.2) is 5.82 Å². The summed E-state index contributed by atoms with van der Waals surface area (Å²) in [5.41, 5.74) is 5.56. The van der Waals surface area contributed by atoms with Crippen molar-refractivity contribution in [3.05, 3.63) is 46.4 Å². The van der Waals surface area contributed by atoms with Gasteiger partial charge in [0.1, 0.15) is 6.33 Å². The number of nitrogens with two attached hydrogens (primary N) is 1. The molecule has 1 aromatic heterocycles. The van der Waals surface area contributed by atoms with E-state index in [2.05, 4.69) is 5.10 Å². The number of nitrogens with zero attached hydrogens (tertiary/aromatic N) is 3. The Bertz CT molecular complexity index is 572. The van der Waals surface area contributed by atoms with Crippen LogP contribution < -0.4 is 11.4 Å². The van der Waals surface area contributed by atoms with E-state index in [1.807, 2.05) is 0 Å². The molecular weight excluding hydrogens is 211 g/mol. The average Bonchev–Trinajstić information content (AvgIpc) is 2.57. The van der Waals surface area contributed by atoms with Crippen molar-refractivity contribution in [1.82, 2.24) is 14.3 Å². The van der Waals surface area contributed by atoms with Crippen molar-refractivity contribution >= 4 is 5.69 Å². The summed E-state index contributed by atoms with van der Waals surface area (Å²) < 4.78 is 16.1. The van der Waals surface area contributed by atoms with E-state index in [1.54, 1.807) is 19.2 Å². The minimum absolute atomic E-state index is 0.0708. The van der Waals surface area contributed by atoms with Gasteiger partial charge < -0.3 is 5.73 Å². The van der Waals surface area contributed by atoms with E-state index >= 15 is 0 Å². The molecule has 0 aliphatic rings. The van der Waals surface area contributed by atoms with Crippen LogP contribution in [0.1, 0.15) is 5.56 Å². The Balaban J connectivity index is 2.38. The van der Waals surface area contributed by atoms with Crippen LogP contribution in [0, 0.1) is 5.82 Å². The van der Waals surface area contributed by atoms with Crippen LogP contribution in [0.25, 0.3) is 0 Å². The van der Waals surface area contributed by atoms with E-state index in [9.17, 15) is 9.18 Å². The number of rotatable bonds is 2. The lowest BCUT2D eigenvalue weighted by atomic mass is 10.2. The zero-order valence-electron chi connectivity index (χ0n) is 8.72. The first-order valence-electron chi connectivity index (χ1n) is 4.71. The molecule has 84 valence electrons. The molecule has 6 heteroatoms. The Labute approximate surface area is 90.9 Å². The summed E-state index contributed by atoms with van der Waals surface area (Å²) >= 11 is 0. The molecule has 0 atom stereocenters. The second-order valence-electron chi connectivity index (χ2n) is 3.50. The van der Waals surface area contributed by atoms with Crippen LogP contribution in [-0.4, -0.2) is 14.3 Å². The minimum atomic E-state index is -0.500. The number of benzene rings is 1. The molecule has 2 rings (SSSR count). The second kappa shape index (κ2) is 3.80. The zero-order valence-corrected chi connectivity index (χ0v) is 8.72. The molecule has 0 fully saturated rings. The third-order valence-corrected chi connectivity index (χ3v) is 2.32. The first-order chi connectivity index (χ1) is 7.59. The molecule has 0 saturated carbocycles. The molecule has 1 aromatic carbocycles. The number of aromatic nitrogens is 3. The van der Waals surface area contributed by atoms with Crippen LogP contribution >= 0.6 is 0 Å². The third kappa shape index (κ3) is 1.69. The van der Waals surface area contributed by atoms with Crippen molar-refractivity contribution in [1.29, 1.82) is 0 Å². The highest BCUT2D eigenvalue weighted by Crippen LogP contribution is 2.14. The van der Waals surface area contributed by atoms with Crippen LogP contribution in [0.5, 0.6) is 0 Å². The first kappa shape index (κ1) is 10.4. The third-order valence-electron chi connectivity index (χ3n) is 2.32. The molecule has 2 N–H and O–H groups in total. The fourth-order valence-corrected chi connectivity index (χ4v) is 1.41. The van der Waals surface area contributed by atoms with Crippen molar-refractivity contribution in [2.45, 2.75) is 6.54 Å². The Kier molecular flexibility index (Phi) is 2.47. The van der Waals surface area contributed by atoms with Crippen molar-refractivity contribution < 1.29 is 4.39 Å². The van der Waals surface area contributed by atoms with Crippen LogP contribution in [0.4, 0.5) is 10.1 Å². The molecule has 0 amide bonds. The topological polar surface area (TPSA) is 65.8 Å². The van der Waals surface area contributed by atoms with E-state index < -0.39 is 5.82 Å². The standard InChI is InChI=1S/C10H11FN4O/c1-14-6-13-15(10(14)16)5-7-3-2-4-8(12)9(7)11/h2-4,6H,5,12H2,1H3. The van der Waals surface area contributed by atoms with Gasteiger partial charge in [-0.05, 0) is 6.07 Å². The molecule has 0 spiro atoms. The summed E-state index contributed by atoms with van der Waals surface area (Å²) in [4.78, 5) is 11.5. The van der Waals surface area contributed by atoms with Gasteiger partial charge in [0, 0.05) is 12.6 Å². The molecule has 0 aliphatic carbocycles. The van der Waals surface area contributed by atoms with Crippen LogP contribution in [-0.2, 0) is 13.6 Å². The summed E-state index contributed by atoms with van der Waals surface area (Å²) in [6.07, 6.45) is 1.38. The molecule has 0 unspecified atom stereocenters. The summed E-state index contributed by atoms with van der Waals surface area (Å²) in [5.74, 6) is -0.500. The Morgan fingerprint density at radius 3 is 2.88 bits per heavy atom. The lowest BCUT2D eigenvalue weighted by Gasteiger charge is -2.04. The molecule has 5 nitrogen and oxygen atoms in total. The number of nitrogen functional groups attached to an aromatic ring is 1. The summed E-state index contributed by atoms with van der Waals surface area (Å²) in [5, 5.41) is 3.84. The lowest BCUT2D eigenvalue weighted by molar-refractivity contribution is 0.578. The van der Waals surface area contributed by atoms with E-state index in [4.69, 9.17) is 5.73 Å². The molecule has 0 aliphatic heterocycles. The quantitative estimate of drug-likeness (QED) is 0.746. The van der Waals surface area contributed by atoms with Gasteiger partial charge in [-0.25, -0.2) is 13.9 Å². The molecular formula is C10H11FN4O. The van der Waals surface area contributed by atoms with Gasteiger partial charge in [-0.15, -0.1) is 0 Å². The Hall–Kier alpha value is -2.11. The SMILES string of the molecule is Cn1cnn(Cc2cccc(N)c2F)c1=O. The maximum absolute atomic E-state index is 13.6. The molecule has 0 radical (unpaired) electrons. The maximum Gasteiger partial charge on any atom is 0.345 e. The van der Waals surface area contributed by atoms with Crippen LogP contribution in [0.3, 0.4) is 0 Å². The van der Waals surface area contributed by atoms with Crippen molar-refractivity contribution in [2.75, 3.05) is 5.73 Å². The van der Waals surface area contributed by atoms with E-state index in [0.29, 0.717) is 5.56 Å². The van der Waals surface area contributed by atoms with Crippen LogP contribution in [0.15, 0.2) is 29.3 Å². The lowest BCUT2D eigenvalue weighted by Crippen LogP contribution is -2.23. The molecule has 0 bridgehead atoms. The summed E-state index contributed by atoms with van der Waals surface area (Å²) in [6.45, 7) is 0.0799. The van der Waals surface area contributed by atoms with Gasteiger partial charge in [-0.2, -0.15) is 5.10 Å². The highest BCUT2D eigenvalue weighted by atomic mass is 19.1. The van der Waals surface area contributed by atoms with Gasteiger partial charge in [0.05, 0.1) is 12.2 Å². The number of hydrogen-bond acceptors (Lipinski definition) is 3. The van der Waals surface area contributed by atoms with Gasteiger partial charge in [-0.1, -0.05) is 12.1 Å². The van der Waals surface area contributed by atoms with Crippen LogP contribution in [0.2, 0.25) is 0 Å². The van der Waals surface area contributed by atoms with Gasteiger partial charge in [-0.3, -0.25) is 4.57 Å². The van der Waals surface area contributed by atoms with Crippen molar-refractivity contribution in [3.63, 3.8) is 0 Å². The first-order valence-corrected chi connectivity index (χ1v) is 4.71. The summed E-state index contributed by atoms with van der Waals surface area (Å²) in [7, 11) is 1.58. The van der Waals surface area contributed by atoms with Gasteiger partial charge >= 0.3 is 5.69 Å². The molecule has 1 heterocycles. The van der Waals surface area contributed by atoms with E-state index in [-0.39, 0.29) is 17.9 Å². The zero-order chi connectivity index (χ0) is 11.7. The number of aryl methyl sites for hydroxylation is 1.